The maximum atomic E-state index is 9.25. The van der Waals surface area contributed by atoms with Crippen molar-refractivity contribution in [2.24, 2.45) is 29.6 Å². The van der Waals surface area contributed by atoms with Crippen molar-refractivity contribution in [3.05, 3.63) is 11.6 Å². The van der Waals surface area contributed by atoms with E-state index in [0.29, 0.717) is 17.8 Å². The number of allylic oxidation sites excluding steroid dienone is 2. The lowest BCUT2D eigenvalue weighted by molar-refractivity contribution is 0.104. The summed E-state index contributed by atoms with van der Waals surface area (Å²) in [5.41, 5.74) is 1.55. The van der Waals surface area contributed by atoms with Crippen molar-refractivity contribution in [3.63, 3.8) is 0 Å². The molecular formula is C15H23N. The van der Waals surface area contributed by atoms with E-state index in [1.165, 1.54) is 19.3 Å². The molecule has 1 unspecified atom stereocenters. The van der Waals surface area contributed by atoms with Crippen LogP contribution in [-0.4, -0.2) is 0 Å². The van der Waals surface area contributed by atoms with Crippen molar-refractivity contribution in [3.8, 4) is 6.07 Å². The average molecular weight is 217 g/mol. The highest BCUT2D eigenvalue weighted by atomic mass is 14.5. The lowest BCUT2D eigenvalue weighted by Crippen LogP contribution is -2.37. The van der Waals surface area contributed by atoms with Crippen LogP contribution in [0.25, 0.3) is 0 Å². The van der Waals surface area contributed by atoms with Gasteiger partial charge in [-0.3, -0.25) is 0 Å². The number of hydrogen-bond acceptors (Lipinski definition) is 1. The van der Waals surface area contributed by atoms with Crippen molar-refractivity contribution in [2.75, 3.05) is 0 Å². The highest BCUT2D eigenvalue weighted by Crippen LogP contribution is 2.47. The molecule has 0 aromatic heterocycles. The average Bonchev–Trinajstić information content (AvgIpc) is 2.26. The van der Waals surface area contributed by atoms with Crippen molar-refractivity contribution in [2.45, 2.75) is 46.5 Å². The molecular weight excluding hydrogens is 194 g/mol. The monoisotopic (exact) mass is 217 g/mol. The van der Waals surface area contributed by atoms with E-state index in [4.69, 9.17) is 0 Å². The van der Waals surface area contributed by atoms with Crippen molar-refractivity contribution >= 4 is 0 Å². The predicted octanol–water partition coefficient (Wildman–Crippen LogP) is 4.16. The Balaban J connectivity index is 2.24. The van der Waals surface area contributed by atoms with Crippen molar-refractivity contribution in [1.29, 1.82) is 5.26 Å². The summed E-state index contributed by atoms with van der Waals surface area (Å²) < 4.78 is 0. The Bertz CT molecular complexity index is 321. The Morgan fingerprint density at radius 3 is 2.69 bits per heavy atom. The summed E-state index contributed by atoms with van der Waals surface area (Å²) in [6.07, 6.45) is 7.33. The molecule has 0 aromatic rings. The molecule has 1 saturated carbocycles. The first-order valence-electron chi connectivity index (χ1n) is 6.70. The van der Waals surface area contributed by atoms with Crippen LogP contribution in [0.3, 0.4) is 0 Å². The molecule has 2 aliphatic carbocycles. The van der Waals surface area contributed by atoms with E-state index < -0.39 is 0 Å². The smallest absolute Gasteiger partial charge is 0.0658 e. The molecule has 0 aromatic carbocycles. The molecule has 88 valence electrons. The van der Waals surface area contributed by atoms with Gasteiger partial charge in [-0.15, -0.1) is 0 Å². The van der Waals surface area contributed by atoms with Crippen LogP contribution >= 0.6 is 0 Å². The van der Waals surface area contributed by atoms with Crippen LogP contribution in [0.1, 0.15) is 46.5 Å². The highest BCUT2D eigenvalue weighted by Gasteiger charge is 2.40. The molecule has 1 fully saturated rings. The zero-order valence-electron chi connectivity index (χ0n) is 10.7. The van der Waals surface area contributed by atoms with E-state index in [1.54, 1.807) is 5.57 Å². The Hall–Kier alpha value is -0.770. The first kappa shape index (κ1) is 11.7. The van der Waals surface area contributed by atoms with Crippen LogP contribution < -0.4 is 0 Å². The Morgan fingerprint density at radius 1 is 1.31 bits per heavy atom. The summed E-state index contributed by atoms with van der Waals surface area (Å²) in [6, 6.07) is 2.55. The Kier molecular flexibility index (Phi) is 3.38. The normalized spacial score (nSPS) is 38.8. The maximum Gasteiger partial charge on any atom is 0.0658 e. The summed E-state index contributed by atoms with van der Waals surface area (Å²) in [6.45, 7) is 6.93. The predicted molar refractivity (Wildman–Crippen MR) is 66.6 cm³/mol. The maximum absolute atomic E-state index is 9.25. The molecule has 0 radical (unpaired) electrons. The minimum atomic E-state index is 0.323. The molecule has 1 heteroatoms. The van der Waals surface area contributed by atoms with Gasteiger partial charge in [0.05, 0.1) is 6.07 Å². The second-order valence-corrected chi connectivity index (χ2v) is 6.01. The standard InChI is InChI=1S/C15H23N/c1-10(2)13-7-5-12(9-16)14-6-4-11(3)8-15(13)14/h8,10,12-15H,4-7H2,1-3H3/t12?,13-,14-,15-/m1/s1. The van der Waals surface area contributed by atoms with Gasteiger partial charge in [-0.1, -0.05) is 25.5 Å². The van der Waals surface area contributed by atoms with Crippen LogP contribution in [0.5, 0.6) is 0 Å². The topological polar surface area (TPSA) is 23.8 Å². The first-order chi connectivity index (χ1) is 7.63. The van der Waals surface area contributed by atoms with E-state index in [-0.39, 0.29) is 0 Å². The second kappa shape index (κ2) is 4.62. The summed E-state index contributed by atoms with van der Waals surface area (Å²) in [5.74, 6) is 3.23. The molecule has 0 aliphatic heterocycles. The van der Waals surface area contributed by atoms with E-state index in [2.05, 4.69) is 32.9 Å². The Morgan fingerprint density at radius 2 is 2.06 bits per heavy atom. The third-order valence-corrected chi connectivity index (χ3v) is 4.69. The van der Waals surface area contributed by atoms with Gasteiger partial charge in [0.1, 0.15) is 0 Å². The molecule has 0 N–H and O–H groups in total. The van der Waals surface area contributed by atoms with Crippen LogP contribution in [0, 0.1) is 40.9 Å². The number of nitrogens with zero attached hydrogens (tertiary/aromatic N) is 1. The van der Waals surface area contributed by atoms with Gasteiger partial charge in [-0.25, -0.2) is 0 Å². The van der Waals surface area contributed by atoms with E-state index in [9.17, 15) is 5.26 Å². The van der Waals surface area contributed by atoms with Gasteiger partial charge in [0.25, 0.3) is 0 Å². The number of nitriles is 1. The quantitative estimate of drug-likeness (QED) is 0.605. The number of rotatable bonds is 1. The summed E-state index contributed by atoms with van der Waals surface area (Å²) >= 11 is 0. The summed E-state index contributed by atoms with van der Waals surface area (Å²) in [5, 5.41) is 9.25. The molecule has 0 bridgehead atoms. The van der Waals surface area contributed by atoms with Gasteiger partial charge in [-0.2, -0.15) is 5.26 Å². The first-order valence-corrected chi connectivity index (χ1v) is 6.70. The van der Waals surface area contributed by atoms with E-state index in [0.717, 1.165) is 18.3 Å². The highest BCUT2D eigenvalue weighted by molar-refractivity contribution is 5.13. The van der Waals surface area contributed by atoms with E-state index in [1.807, 2.05) is 0 Å². The molecule has 0 spiro atoms. The molecule has 2 rings (SSSR count). The van der Waals surface area contributed by atoms with E-state index >= 15 is 0 Å². The largest absolute Gasteiger partial charge is 0.198 e. The third kappa shape index (κ3) is 2.03. The fraction of sp³-hybridized carbons (Fsp3) is 0.800. The fourth-order valence-corrected chi connectivity index (χ4v) is 3.75. The zero-order chi connectivity index (χ0) is 11.7. The second-order valence-electron chi connectivity index (χ2n) is 6.01. The molecule has 2 aliphatic rings. The fourth-order valence-electron chi connectivity index (χ4n) is 3.75. The number of hydrogen-bond donors (Lipinski definition) is 0. The SMILES string of the molecule is CC1=C[C@@H]2[C@@H](C(C)C)CCC(C#N)[C@H]2CC1. The van der Waals surface area contributed by atoms with Gasteiger partial charge in [0.15, 0.2) is 0 Å². The Labute approximate surface area is 99.5 Å². The zero-order valence-corrected chi connectivity index (χ0v) is 10.7. The van der Waals surface area contributed by atoms with Gasteiger partial charge in [0, 0.05) is 5.92 Å². The third-order valence-electron chi connectivity index (χ3n) is 4.69. The van der Waals surface area contributed by atoms with Gasteiger partial charge in [0.2, 0.25) is 0 Å². The minimum absolute atomic E-state index is 0.323. The molecule has 16 heavy (non-hydrogen) atoms. The van der Waals surface area contributed by atoms with Crippen molar-refractivity contribution in [1.82, 2.24) is 0 Å². The lowest BCUT2D eigenvalue weighted by atomic mass is 9.60. The lowest BCUT2D eigenvalue weighted by Gasteiger charge is -2.44. The van der Waals surface area contributed by atoms with Crippen LogP contribution in [-0.2, 0) is 0 Å². The molecule has 0 amide bonds. The van der Waals surface area contributed by atoms with Gasteiger partial charge >= 0.3 is 0 Å². The molecule has 0 heterocycles. The van der Waals surface area contributed by atoms with Crippen LogP contribution in [0.4, 0.5) is 0 Å². The minimum Gasteiger partial charge on any atom is -0.198 e. The van der Waals surface area contributed by atoms with Crippen LogP contribution in [0.15, 0.2) is 11.6 Å². The molecule has 4 atom stereocenters. The number of fused-ring (bicyclic) bond motifs is 1. The van der Waals surface area contributed by atoms with Crippen molar-refractivity contribution < 1.29 is 0 Å². The van der Waals surface area contributed by atoms with Crippen LogP contribution in [0.2, 0.25) is 0 Å². The molecule has 0 saturated heterocycles. The summed E-state index contributed by atoms with van der Waals surface area (Å²) in [4.78, 5) is 0. The van der Waals surface area contributed by atoms with Gasteiger partial charge in [-0.05, 0) is 56.3 Å². The molecule has 1 nitrogen and oxygen atoms in total. The van der Waals surface area contributed by atoms with Gasteiger partial charge < -0.3 is 0 Å². The summed E-state index contributed by atoms with van der Waals surface area (Å²) in [7, 11) is 0.